The first-order valence-electron chi connectivity index (χ1n) is 4.81. The molecule has 1 rings (SSSR count). The molecule has 4 heteroatoms. The number of hydrogen-bond donors (Lipinski definition) is 1. The molecule has 0 heterocycles. The molecule has 1 N–H and O–H groups in total. The van der Waals surface area contributed by atoms with Gasteiger partial charge in [0.15, 0.2) is 0 Å². The van der Waals surface area contributed by atoms with E-state index in [4.69, 9.17) is 5.11 Å². The van der Waals surface area contributed by atoms with Crippen molar-refractivity contribution >= 4 is 11.8 Å². The topological polar surface area (TPSA) is 54.4 Å². The predicted molar refractivity (Wildman–Crippen MR) is 57.3 cm³/mol. The van der Waals surface area contributed by atoms with Crippen LogP contribution in [0.4, 0.5) is 4.39 Å². The van der Waals surface area contributed by atoms with Crippen molar-refractivity contribution < 1.29 is 19.1 Å². The summed E-state index contributed by atoms with van der Waals surface area (Å²) in [6.07, 6.45) is 0. The summed E-state index contributed by atoms with van der Waals surface area (Å²) in [7, 11) is 0. The Kier molecular flexibility index (Phi) is 3.12. The molecule has 16 heavy (non-hydrogen) atoms. The highest BCUT2D eigenvalue weighted by molar-refractivity contribution is 6.40. The van der Waals surface area contributed by atoms with Gasteiger partial charge in [-0.1, -0.05) is 12.1 Å². The molecule has 0 amide bonds. The molecule has 1 aromatic carbocycles. The summed E-state index contributed by atoms with van der Waals surface area (Å²) < 4.78 is 13.6. The van der Waals surface area contributed by atoms with E-state index in [2.05, 4.69) is 0 Å². The second kappa shape index (κ2) is 4.04. The second-order valence-corrected chi connectivity index (χ2v) is 4.14. The molecule has 0 atom stereocenters. The number of benzene rings is 1. The Hall–Kier alpha value is -1.71. The minimum absolute atomic E-state index is 0.0377. The molecule has 0 aliphatic rings. The first-order valence-corrected chi connectivity index (χ1v) is 4.81. The summed E-state index contributed by atoms with van der Waals surface area (Å²) in [5.74, 6) is -2.54. The van der Waals surface area contributed by atoms with Crippen molar-refractivity contribution in [1.82, 2.24) is 0 Å². The molecule has 0 aliphatic heterocycles. The number of carboxylic acids is 1. The Bertz CT molecular complexity index is 444. The van der Waals surface area contributed by atoms with Crippen LogP contribution < -0.4 is 0 Å². The Labute approximate surface area is 92.9 Å². The minimum Gasteiger partial charge on any atom is -0.475 e. The van der Waals surface area contributed by atoms with E-state index in [0.29, 0.717) is 11.1 Å². The molecule has 0 radical (unpaired) electrons. The van der Waals surface area contributed by atoms with Crippen molar-refractivity contribution in [3.8, 4) is 0 Å². The third kappa shape index (κ3) is 2.45. The highest BCUT2D eigenvalue weighted by atomic mass is 19.1. The molecule has 0 unspecified atom stereocenters. The Balaban J connectivity index is 3.30. The molecule has 86 valence electrons. The van der Waals surface area contributed by atoms with Crippen LogP contribution in [-0.2, 0) is 10.5 Å². The van der Waals surface area contributed by atoms with Crippen molar-refractivity contribution in [3.63, 3.8) is 0 Å². The molecule has 1 aromatic rings. The van der Waals surface area contributed by atoms with E-state index in [1.165, 1.54) is 19.9 Å². The lowest BCUT2D eigenvalue weighted by molar-refractivity contribution is -0.131. The summed E-state index contributed by atoms with van der Waals surface area (Å²) in [6.45, 7) is 4.32. The molecule has 0 fully saturated rings. The van der Waals surface area contributed by atoms with E-state index >= 15 is 0 Å². The van der Waals surface area contributed by atoms with Gasteiger partial charge < -0.3 is 5.11 Å². The van der Waals surface area contributed by atoms with Gasteiger partial charge in [-0.15, -0.1) is 0 Å². The number of Topliss-reactive ketones (excluding diaryl/α,β-unsaturated/α-hetero) is 1. The van der Waals surface area contributed by atoms with Crippen LogP contribution in [0, 0.1) is 6.92 Å². The quantitative estimate of drug-likeness (QED) is 0.633. The van der Waals surface area contributed by atoms with E-state index in [0.717, 1.165) is 0 Å². The number of ketones is 1. The number of alkyl halides is 1. The van der Waals surface area contributed by atoms with E-state index in [1.807, 2.05) is 0 Å². The Morgan fingerprint density at radius 1 is 1.31 bits per heavy atom. The number of halogens is 1. The summed E-state index contributed by atoms with van der Waals surface area (Å²) in [5, 5.41) is 8.61. The molecule has 0 aliphatic carbocycles. The monoisotopic (exact) mass is 224 g/mol. The molecule has 3 nitrogen and oxygen atoms in total. The summed E-state index contributed by atoms with van der Waals surface area (Å²) >= 11 is 0. The fourth-order valence-electron chi connectivity index (χ4n) is 1.35. The fraction of sp³-hybridized carbons (Fsp3) is 0.333. The lowest BCUT2D eigenvalue weighted by Crippen LogP contribution is -2.16. The summed E-state index contributed by atoms with van der Waals surface area (Å²) in [6, 6.07) is 4.40. The standard InChI is InChI=1S/C12H13FO3/c1-7-4-5-8(12(2,3)13)6-9(7)10(14)11(15)16/h4-6H,1-3H3,(H,15,16). The number of carbonyl (C=O) groups is 2. The van der Waals surface area contributed by atoms with Crippen molar-refractivity contribution in [2.75, 3.05) is 0 Å². The van der Waals surface area contributed by atoms with E-state index < -0.39 is 17.4 Å². The van der Waals surface area contributed by atoms with Crippen LogP contribution >= 0.6 is 0 Å². The summed E-state index contributed by atoms with van der Waals surface area (Å²) in [5.41, 5.74) is -0.736. The van der Waals surface area contributed by atoms with Gasteiger partial charge in [-0.3, -0.25) is 4.79 Å². The maximum absolute atomic E-state index is 13.6. The smallest absolute Gasteiger partial charge is 0.377 e. The van der Waals surface area contributed by atoms with Gasteiger partial charge in [-0.05, 0) is 38.0 Å². The van der Waals surface area contributed by atoms with Crippen LogP contribution in [0.3, 0.4) is 0 Å². The number of carbonyl (C=O) groups excluding carboxylic acids is 1. The average Bonchev–Trinajstić information content (AvgIpc) is 2.15. The van der Waals surface area contributed by atoms with Gasteiger partial charge in [-0.25, -0.2) is 9.18 Å². The minimum atomic E-state index is -1.60. The molecule has 0 bridgehead atoms. The van der Waals surface area contributed by atoms with Gasteiger partial charge in [-0.2, -0.15) is 0 Å². The Morgan fingerprint density at radius 2 is 1.88 bits per heavy atom. The second-order valence-electron chi connectivity index (χ2n) is 4.14. The zero-order valence-corrected chi connectivity index (χ0v) is 9.37. The van der Waals surface area contributed by atoms with Crippen molar-refractivity contribution in [3.05, 3.63) is 34.9 Å². The number of carboxylic acid groups (broad SMARTS) is 1. The predicted octanol–water partition coefficient (Wildman–Crippen LogP) is 2.47. The zero-order valence-electron chi connectivity index (χ0n) is 9.37. The van der Waals surface area contributed by atoms with Crippen molar-refractivity contribution in [2.24, 2.45) is 0 Å². The van der Waals surface area contributed by atoms with E-state index in [-0.39, 0.29) is 5.56 Å². The largest absolute Gasteiger partial charge is 0.475 e. The van der Waals surface area contributed by atoms with Gasteiger partial charge in [0.05, 0.1) is 0 Å². The van der Waals surface area contributed by atoms with Crippen LogP contribution in [0.15, 0.2) is 18.2 Å². The molecule has 0 saturated heterocycles. The highest BCUT2D eigenvalue weighted by Crippen LogP contribution is 2.26. The lowest BCUT2D eigenvalue weighted by atomic mass is 9.94. The molecular weight excluding hydrogens is 211 g/mol. The van der Waals surface area contributed by atoms with Crippen LogP contribution in [-0.4, -0.2) is 16.9 Å². The van der Waals surface area contributed by atoms with Crippen molar-refractivity contribution in [2.45, 2.75) is 26.4 Å². The third-order valence-electron chi connectivity index (χ3n) is 2.36. The maximum Gasteiger partial charge on any atom is 0.377 e. The van der Waals surface area contributed by atoms with Gasteiger partial charge >= 0.3 is 5.97 Å². The van der Waals surface area contributed by atoms with Crippen molar-refractivity contribution in [1.29, 1.82) is 0 Å². The molecule has 0 aromatic heterocycles. The number of rotatable bonds is 3. The average molecular weight is 224 g/mol. The van der Waals surface area contributed by atoms with Gasteiger partial charge in [0.1, 0.15) is 5.67 Å². The van der Waals surface area contributed by atoms with Crippen LogP contribution in [0.5, 0.6) is 0 Å². The van der Waals surface area contributed by atoms with Gasteiger partial charge in [0.2, 0.25) is 0 Å². The van der Waals surface area contributed by atoms with Gasteiger partial charge in [0, 0.05) is 5.56 Å². The van der Waals surface area contributed by atoms with Crippen LogP contribution in [0.2, 0.25) is 0 Å². The normalized spacial score (nSPS) is 11.2. The van der Waals surface area contributed by atoms with E-state index in [1.54, 1.807) is 19.1 Å². The first-order chi connectivity index (χ1) is 7.23. The first kappa shape index (κ1) is 12.4. The third-order valence-corrected chi connectivity index (χ3v) is 2.36. The number of aryl methyl sites for hydroxylation is 1. The van der Waals surface area contributed by atoms with Crippen LogP contribution in [0.1, 0.15) is 35.3 Å². The Morgan fingerprint density at radius 3 is 2.31 bits per heavy atom. The van der Waals surface area contributed by atoms with Gasteiger partial charge in [0.25, 0.3) is 5.78 Å². The molecule has 0 saturated carbocycles. The number of aliphatic carboxylic acids is 1. The fourth-order valence-corrected chi connectivity index (χ4v) is 1.35. The summed E-state index contributed by atoms with van der Waals surface area (Å²) in [4.78, 5) is 21.9. The van der Waals surface area contributed by atoms with E-state index in [9.17, 15) is 14.0 Å². The molecular formula is C12H13FO3. The lowest BCUT2D eigenvalue weighted by Gasteiger charge is -2.16. The SMILES string of the molecule is Cc1ccc(C(C)(C)F)cc1C(=O)C(=O)O. The van der Waals surface area contributed by atoms with Crippen LogP contribution in [0.25, 0.3) is 0 Å². The maximum atomic E-state index is 13.6. The highest BCUT2D eigenvalue weighted by Gasteiger charge is 2.23. The zero-order chi connectivity index (χ0) is 12.5. The molecule has 0 spiro atoms. The number of hydrogen-bond acceptors (Lipinski definition) is 2.